The summed E-state index contributed by atoms with van der Waals surface area (Å²) in [5.74, 6) is -0.986. The molecule has 0 saturated carbocycles. The summed E-state index contributed by atoms with van der Waals surface area (Å²) in [4.78, 5) is 11.1. The molecule has 1 saturated heterocycles. The number of rotatable bonds is 5. The molecule has 6 nitrogen and oxygen atoms in total. The van der Waals surface area contributed by atoms with Crippen molar-refractivity contribution < 1.29 is 23.4 Å². The SMILES string of the molecule is O=C(O)Cc1ccc(S(=O)(=O)N2CCCC2CO)s1. The van der Waals surface area contributed by atoms with Gasteiger partial charge >= 0.3 is 5.97 Å². The van der Waals surface area contributed by atoms with Gasteiger partial charge in [-0.15, -0.1) is 11.3 Å². The minimum Gasteiger partial charge on any atom is -0.481 e. The Morgan fingerprint density at radius 2 is 2.21 bits per heavy atom. The van der Waals surface area contributed by atoms with Crippen LogP contribution in [0.5, 0.6) is 0 Å². The lowest BCUT2D eigenvalue weighted by atomic mass is 10.2. The molecule has 2 heterocycles. The fraction of sp³-hybridized carbons (Fsp3) is 0.545. The van der Waals surface area contributed by atoms with Gasteiger partial charge in [-0.1, -0.05) is 0 Å². The molecule has 8 heteroatoms. The lowest BCUT2D eigenvalue weighted by Gasteiger charge is -2.21. The summed E-state index contributed by atoms with van der Waals surface area (Å²) in [7, 11) is -3.62. The lowest BCUT2D eigenvalue weighted by Crippen LogP contribution is -2.37. The van der Waals surface area contributed by atoms with Gasteiger partial charge in [-0.05, 0) is 25.0 Å². The highest BCUT2D eigenvalue weighted by Crippen LogP contribution is 2.30. The van der Waals surface area contributed by atoms with E-state index in [1.54, 1.807) is 0 Å². The molecule has 1 fully saturated rings. The second kappa shape index (κ2) is 5.58. The number of aliphatic carboxylic acids is 1. The molecule has 0 aromatic carbocycles. The number of carboxylic acid groups (broad SMARTS) is 1. The minimum absolute atomic E-state index is 0.143. The monoisotopic (exact) mass is 305 g/mol. The highest BCUT2D eigenvalue weighted by molar-refractivity contribution is 7.91. The maximum absolute atomic E-state index is 12.4. The van der Waals surface area contributed by atoms with Crippen LogP contribution < -0.4 is 0 Å². The van der Waals surface area contributed by atoms with Crippen molar-refractivity contribution in [3.05, 3.63) is 17.0 Å². The Kier molecular flexibility index (Phi) is 4.24. The number of thiophene rings is 1. The fourth-order valence-corrected chi connectivity index (χ4v) is 5.33. The molecule has 1 atom stereocenters. The van der Waals surface area contributed by atoms with E-state index in [-0.39, 0.29) is 23.3 Å². The Hall–Kier alpha value is -0.960. The van der Waals surface area contributed by atoms with Crippen LogP contribution in [0.3, 0.4) is 0 Å². The summed E-state index contributed by atoms with van der Waals surface area (Å²) in [6.45, 7) is 0.215. The van der Waals surface area contributed by atoms with E-state index in [4.69, 9.17) is 5.11 Å². The van der Waals surface area contributed by atoms with Gasteiger partial charge < -0.3 is 10.2 Å². The van der Waals surface area contributed by atoms with E-state index in [9.17, 15) is 18.3 Å². The summed E-state index contributed by atoms with van der Waals surface area (Å²) >= 11 is 0.975. The van der Waals surface area contributed by atoms with E-state index < -0.39 is 16.0 Å². The van der Waals surface area contributed by atoms with Gasteiger partial charge in [0.15, 0.2) is 0 Å². The van der Waals surface area contributed by atoms with E-state index in [0.717, 1.165) is 17.8 Å². The lowest BCUT2D eigenvalue weighted by molar-refractivity contribution is -0.136. The number of carboxylic acids is 1. The van der Waals surface area contributed by atoms with Gasteiger partial charge in [-0.2, -0.15) is 4.31 Å². The van der Waals surface area contributed by atoms with E-state index >= 15 is 0 Å². The molecule has 1 unspecified atom stereocenters. The first-order valence-electron chi connectivity index (χ1n) is 5.88. The van der Waals surface area contributed by atoms with Gasteiger partial charge in [0.1, 0.15) is 4.21 Å². The molecule has 0 aliphatic carbocycles. The first-order chi connectivity index (χ1) is 8.95. The van der Waals surface area contributed by atoms with Gasteiger partial charge in [-0.3, -0.25) is 4.79 Å². The quantitative estimate of drug-likeness (QED) is 0.827. The van der Waals surface area contributed by atoms with Crippen molar-refractivity contribution in [2.24, 2.45) is 0 Å². The number of nitrogens with zero attached hydrogens (tertiary/aromatic N) is 1. The summed E-state index contributed by atoms with van der Waals surface area (Å²) < 4.78 is 26.2. The van der Waals surface area contributed by atoms with E-state index in [1.165, 1.54) is 16.4 Å². The van der Waals surface area contributed by atoms with Crippen LogP contribution in [0.2, 0.25) is 0 Å². The van der Waals surface area contributed by atoms with Crippen molar-refractivity contribution in [2.75, 3.05) is 13.2 Å². The molecule has 0 spiro atoms. The normalized spacial score (nSPS) is 20.8. The standard InChI is InChI=1S/C11H15NO5S2/c13-7-8-2-1-5-12(8)19(16,17)11-4-3-9(18-11)6-10(14)15/h3-4,8,13H,1-2,5-7H2,(H,14,15). The third-order valence-corrected chi connectivity index (χ3v) is 6.56. The summed E-state index contributed by atoms with van der Waals surface area (Å²) in [6.07, 6.45) is 1.21. The molecule has 0 amide bonds. The van der Waals surface area contributed by atoms with Crippen LogP contribution in [0.15, 0.2) is 16.3 Å². The molecule has 19 heavy (non-hydrogen) atoms. The number of sulfonamides is 1. The second-order valence-electron chi connectivity index (χ2n) is 4.39. The molecule has 1 aromatic rings. The van der Waals surface area contributed by atoms with Crippen molar-refractivity contribution in [3.8, 4) is 0 Å². The van der Waals surface area contributed by atoms with Crippen LogP contribution in [-0.4, -0.2) is 48.1 Å². The van der Waals surface area contributed by atoms with E-state index in [0.29, 0.717) is 17.8 Å². The number of aliphatic hydroxyl groups excluding tert-OH is 1. The van der Waals surface area contributed by atoms with Crippen LogP contribution in [0.4, 0.5) is 0 Å². The molecule has 106 valence electrons. The van der Waals surface area contributed by atoms with Crippen LogP contribution in [0, 0.1) is 0 Å². The number of hydrogen-bond donors (Lipinski definition) is 2. The first-order valence-corrected chi connectivity index (χ1v) is 8.14. The minimum atomic E-state index is -3.62. The summed E-state index contributed by atoms with van der Waals surface area (Å²) in [6, 6.07) is 2.59. The Balaban J connectivity index is 2.24. The molecular formula is C11H15NO5S2. The molecule has 2 rings (SSSR count). The van der Waals surface area contributed by atoms with Crippen molar-refractivity contribution in [1.29, 1.82) is 0 Å². The molecule has 0 bridgehead atoms. The highest BCUT2D eigenvalue weighted by atomic mass is 32.2. The van der Waals surface area contributed by atoms with Crippen molar-refractivity contribution in [2.45, 2.75) is 29.5 Å². The van der Waals surface area contributed by atoms with Crippen LogP contribution >= 0.6 is 11.3 Å². The average molecular weight is 305 g/mol. The van der Waals surface area contributed by atoms with Crippen LogP contribution in [0.25, 0.3) is 0 Å². The average Bonchev–Trinajstić information content (AvgIpc) is 2.95. The van der Waals surface area contributed by atoms with Crippen LogP contribution in [0.1, 0.15) is 17.7 Å². The molecule has 0 radical (unpaired) electrons. The first kappa shape index (κ1) is 14.4. The van der Waals surface area contributed by atoms with Gasteiger partial charge in [0.25, 0.3) is 10.0 Å². The summed E-state index contributed by atoms with van der Waals surface area (Å²) in [5.41, 5.74) is 0. The molecule has 1 aromatic heterocycles. The van der Waals surface area contributed by atoms with E-state index in [2.05, 4.69) is 0 Å². The zero-order chi connectivity index (χ0) is 14.0. The largest absolute Gasteiger partial charge is 0.481 e. The highest BCUT2D eigenvalue weighted by Gasteiger charge is 2.35. The number of carbonyl (C=O) groups is 1. The Labute approximate surface area is 115 Å². The van der Waals surface area contributed by atoms with Crippen molar-refractivity contribution >= 4 is 27.3 Å². The zero-order valence-electron chi connectivity index (χ0n) is 10.2. The fourth-order valence-electron chi connectivity index (χ4n) is 2.16. The third-order valence-electron chi connectivity index (χ3n) is 3.06. The Morgan fingerprint density at radius 1 is 1.47 bits per heavy atom. The van der Waals surface area contributed by atoms with Gasteiger partial charge in [-0.25, -0.2) is 8.42 Å². The predicted molar refractivity (Wildman–Crippen MR) is 69.7 cm³/mol. The molecule has 1 aliphatic heterocycles. The topological polar surface area (TPSA) is 94.9 Å². The maximum atomic E-state index is 12.4. The molecular weight excluding hydrogens is 290 g/mol. The number of aliphatic hydroxyl groups is 1. The van der Waals surface area contributed by atoms with Crippen LogP contribution in [-0.2, 0) is 21.2 Å². The molecule has 1 aliphatic rings. The van der Waals surface area contributed by atoms with Gasteiger partial charge in [0.2, 0.25) is 0 Å². The zero-order valence-corrected chi connectivity index (χ0v) is 11.8. The Morgan fingerprint density at radius 3 is 2.84 bits per heavy atom. The van der Waals surface area contributed by atoms with Crippen molar-refractivity contribution in [1.82, 2.24) is 4.31 Å². The third kappa shape index (κ3) is 2.97. The van der Waals surface area contributed by atoms with Gasteiger partial charge in [0.05, 0.1) is 13.0 Å². The van der Waals surface area contributed by atoms with E-state index in [1.807, 2.05) is 0 Å². The van der Waals surface area contributed by atoms with Crippen molar-refractivity contribution in [3.63, 3.8) is 0 Å². The second-order valence-corrected chi connectivity index (χ2v) is 7.67. The van der Waals surface area contributed by atoms with Gasteiger partial charge in [0, 0.05) is 17.5 Å². The summed E-state index contributed by atoms with van der Waals surface area (Å²) in [5, 5.41) is 17.9. The Bertz CT molecular complexity index is 565. The predicted octanol–water partition coefficient (Wildman–Crippen LogP) is 0.521. The number of hydrogen-bond acceptors (Lipinski definition) is 5. The molecule has 2 N–H and O–H groups in total. The smallest absolute Gasteiger partial charge is 0.308 e. The maximum Gasteiger partial charge on any atom is 0.308 e.